The Morgan fingerprint density at radius 1 is 1.33 bits per heavy atom. The standard InChI is InChI=1S/C16H25FN2O.ClH/c1-12-10-13(17)4-5-14(12)15(16(2,3)11-20)19-8-6-18-7-9-19;/h4-5,10,15,18,20H,6-9,11H2,1-3H3;1H/t15-;/m0./s1. The molecule has 0 saturated carbocycles. The highest BCUT2D eigenvalue weighted by molar-refractivity contribution is 5.85. The van der Waals surface area contributed by atoms with Gasteiger partial charge in [0.15, 0.2) is 0 Å². The molecule has 1 aliphatic heterocycles. The molecule has 0 bridgehead atoms. The lowest BCUT2D eigenvalue weighted by Crippen LogP contribution is -2.49. The SMILES string of the molecule is Cc1cc(F)ccc1[C@H](N1CCNCC1)C(C)(C)CO.Cl. The number of nitrogens with zero attached hydrogens (tertiary/aromatic N) is 1. The first-order chi connectivity index (χ1) is 9.45. The molecular weight excluding hydrogens is 291 g/mol. The first kappa shape index (κ1) is 18.4. The van der Waals surface area contributed by atoms with Crippen LogP contribution in [0.4, 0.5) is 4.39 Å². The predicted octanol–water partition coefficient (Wildman–Crippen LogP) is 2.52. The number of aliphatic hydroxyl groups is 1. The maximum Gasteiger partial charge on any atom is 0.123 e. The molecule has 1 fully saturated rings. The van der Waals surface area contributed by atoms with Gasteiger partial charge in [-0.3, -0.25) is 4.90 Å². The van der Waals surface area contributed by atoms with Gasteiger partial charge in [-0.1, -0.05) is 19.9 Å². The number of hydrogen-bond acceptors (Lipinski definition) is 3. The number of nitrogens with one attached hydrogen (secondary N) is 1. The molecule has 21 heavy (non-hydrogen) atoms. The fourth-order valence-corrected chi connectivity index (χ4v) is 3.08. The first-order valence-corrected chi connectivity index (χ1v) is 7.27. The van der Waals surface area contributed by atoms with E-state index in [1.165, 1.54) is 6.07 Å². The summed E-state index contributed by atoms with van der Waals surface area (Å²) < 4.78 is 13.4. The second kappa shape index (κ2) is 7.54. The van der Waals surface area contributed by atoms with Gasteiger partial charge in [-0.15, -0.1) is 12.4 Å². The topological polar surface area (TPSA) is 35.5 Å². The summed E-state index contributed by atoms with van der Waals surface area (Å²) in [5.41, 5.74) is 1.81. The maximum atomic E-state index is 13.4. The molecule has 2 N–H and O–H groups in total. The van der Waals surface area contributed by atoms with Gasteiger partial charge in [0.05, 0.1) is 0 Å². The molecule has 1 aromatic carbocycles. The van der Waals surface area contributed by atoms with E-state index in [9.17, 15) is 9.50 Å². The summed E-state index contributed by atoms with van der Waals surface area (Å²) >= 11 is 0. The van der Waals surface area contributed by atoms with E-state index < -0.39 is 0 Å². The van der Waals surface area contributed by atoms with Crippen molar-refractivity contribution in [3.05, 3.63) is 35.1 Å². The molecule has 3 nitrogen and oxygen atoms in total. The second-order valence-corrected chi connectivity index (χ2v) is 6.34. The number of benzene rings is 1. The Kier molecular flexibility index (Phi) is 6.60. The summed E-state index contributed by atoms with van der Waals surface area (Å²) in [5, 5.41) is 13.1. The number of aliphatic hydroxyl groups excluding tert-OH is 1. The van der Waals surface area contributed by atoms with Crippen LogP contribution in [-0.4, -0.2) is 42.8 Å². The molecule has 0 radical (unpaired) electrons. The van der Waals surface area contributed by atoms with Crippen molar-refractivity contribution in [2.75, 3.05) is 32.8 Å². The van der Waals surface area contributed by atoms with Crippen molar-refractivity contribution in [2.45, 2.75) is 26.8 Å². The van der Waals surface area contributed by atoms with Crippen LogP contribution in [0.25, 0.3) is 0 Å². The molecule has 120 valence electrons. The van der Waals surface area contributed by atoms with Gasteiger partial charge >= 0.3 is 0 Å². The van der Waals surface area contributed by atoms with E-state index in [1.54, 1.807) is 6.07 Å². The van der Waals surface area contributed by atoms with Crippen LogP contribution >= 0.6 is 12.4 Å². The van der Waals surface area contributed by atoms with Crippen molar-refractivity contribution < 1.29 is 9.50 Å². The molecule has 0 unspecified atom stereocenters. The Bertz CT molecular complexity index is 462. The molecular formula is C16H26ClFN2O. The Hall–Kier alpha value is -0.680. The lowest BCUT2D eigenvalue weighted by molar-refractivity contribution is 0.0301. The van der Waals surface area contributed by atoms with Crippen molar-refractivity contribution >= 4 is 12.4 Å². The molecule has 1 aliphatic rings. The smallest absolute Gasteiger partial charge is 0.123 e. The molecule has 2 rings (SSSR count). The lowest BCUT2D eigenvalue weighted by atomic mass is 9.78. The highest BCUT2D eigenvalue weighted by Gasteiger charge is 2.36. The van der Waals surface area contributed by atoms with Crippen molar-refractivity contribution in [2.24, 2.45) is 5.41 Å². The molecule has 5 heteroatoms. The van der Waals surface area contributed by atoms with Gasteiger partial charge < -0.3 is 10.4 Å². The number of rotatable bonds is 4. The van der Waals surface area contributed by atoms with E-state index in [-0.39, 0.29) is 36.3 Å². The van der Waals surface area contributed by atoms with Crippen LogP contribution in [0.5, 0.6) is 0 Å². The third-order valence-corrected chi connectivity index (χ3v) is 4.19. The van der Waals surface area contributed by atoms with Crippen LogP contribution in [0.2, 0.25) is 0 Å². The summed E-state index contributed by atoms with van der Waals surface area (Å²) in [7, 11) is 0. The molecule has 0 amide bonds. The highest BCUT2D eigenvalue weighted by atomic mass is 35.5. The van der Waals surface area contributed by atoms with Crippen LogP contribution in [0, 0.1) is 18.2 Å². The molecule has 0 aromatic heterocycles. The van der Waals surface area contributed by atoms with Crippen LogP contribution < -0.4 is 5.32 Å². The Labute approximate surface area is 132 Å². The quantitative estimate of drug-likeness (QED) is 0.896. The Morgan fingerprint density at radius 3 is 2.48 bits per heavy atom. The second-order valence-electron chi connectivity index (χ2n) is 6.34. The van der Waals surface area contributed by atoms with Gasteiger partial charge in [0.1, 0.15) is 5.82 Å². The fourth-order valence-electron chi connectivity index (χ4n) is 3.08. The van der Waals surface area contributed by atoms with Gasteiger partial charge in [0.25, 0.3) is 0 Å². The third-order valence-electron chi connectivity index (χ3n) is 4.19. The van der Waals surface area contributed by atoms with Gasteiger partial charge in [-0.05, 0) is 30.2 Å². The average molecular weight is 317 g/mol. The van der Waals surface area contributed by atoms with Crippen molar-refractivity contribution in [3.8, 4) is 0 Å². The summed E-state index contributed by atoms with van der Waals surface area (Å²) in [6, 6.07) is 5.08. The minimum Gasteiger partial charge on any atom is -0.396 e. The summed E-state index contributed by atoms with van der Waals surface area (Å²) in [5.74, 6) is -0.202. The van der Waals surface area contributed by atoms with Crippen molar-refractivity contribution in [1.29, 1.82) is 0 Å². The molecule has 0 aliphatic carbocycles. The van der Waals surface area contributed by atoms with Crippen LogP contribution in [0.1, 0.15) is 31.0 Å². The van der Waals surface area contributed by atoms with Crippen LogP contribution in [0.3, 0.4) is 0 Å². The zero-order valence-electron chi connectivity index (χ0n) is 13.0. The molecule has 1 atom stereocenters. The Balaban J connectivity index is 0.00000220. The normalized spacial score (nSPS) is 18.1. The summed E-state index contributed by atoms with van der Waals surface area (Å²) in [6.45, 7) is 10.0. The first-order valence-electron chi connectivity index (χ1n) is 7.27. The Morgan fingerprint density at radius 2 is 1.95 bits per heavy atom. The van der Waals surface area contributed by atoms with E-state index >= 15 is 0 Å². The van der Waals surface area contributed by atoms with Gasteiger partial charge in [-0.2, -0.15) is 0 Å². The van der Waals surface area contributed by atoms with E-state index in [2.05, 4.69) is 24.1 Å². The number of aryl methyl sites for hydroxylation is 1. The van der Waals surface area contributed by atoms with Gasteiger partial charge in [0.2, 0.25) is 0 Å². The number of halogens is 2. The van der Waals surface area contributed by atoms with Crippen molar-refractivity contribution in [1.82, 2.24) is 10.2 Å². The molecule has 1 saturated heterocycles. The highest BCUT2D eigenvalue weighted by Crippen LogP contribution is 2.39. The van der Waals surface area contributed by atoms with E-state index in [4.69, 9.17) is 0 Å². The zero-order chi connectivity index (χ0) is 14.8. The summed E-state index contributed by atoms with van der Waals surface area (Å²) in [6.07, 6.45) is 0. The van der Waals surface area contributed by atoms with E-state index in [1.807, 2.05) is 13.0 Å². The lowest BCUT2D eigenvalue weighted by Gasteiger charge is -2.44. The monoisotopic (exact) mass is 316 g/mol. The molecule has 1 aromatic rings. The number of hydrogen-bond donors (Lipinski definition) is 2. The maximum absolute atomic E-state index is 13.4. The fraction of sp³-hybridized carbons (Fsp3) is 0.625. The molecule has 1 heterocycles. The largest absolute Gasteiger partial charge is 0.396 e. The predicted molar refractivity (Wildman–Crippen MR) is 86.4 cm³/mol. The van der Waals surface area contributed by atoms with E-state index in [0.717, 1.165) is 37.3 Å². The van der Waals surface area contributed by atoms with Crippen LogP contribution in [0.15, 0.2) is 18.2 Å². The van der Waals surface area contributed by atoms with Crippen LogP contribution in [-0.2, 0) is 0 Å². The minimum atomic E-state index is -0.264. The third kappa shape index (κ3) is 4.16. The summed E-state index contributed by atoms with van der Waals surface area (Å²) in [4.78, 5) is 2.40. The van der Waals surface area contributed by atoms with E-state index in [0.29, 0.717) is 0 Å². The van der Waals surface area contributed by atoms with Gasteiger partial charge in [0, 0.05) is 44.2 Å². The molecule has 0 spiro atoms. The average Bonchev–Trinajstić information content (AvgIpc) is 2.43. The zero-order valence-corrected chi connectivity index (χ0v) is 13.8. The van der Waals surface area contributed by atoms with Gasteiger partial charge in [-0.25, -0.2) is 4.39 Å². The van der Waals surface area contributed by atoms with Crippen molar-refractivity contribution in [3.63, 3.8) is 0 Å². The number of piperazine rings is 1. The minimum absolute atomic E-state index is 0.